The van der Waals surface area contributed by atoms with E-state index < -0.39 is 0 Å². The Kier molecular flexibility index (Phi) is 3.60. The number of benzene rings is 2. The van der Waals surface area contributed by atoms with Gasteiger partial charge in [0, 0.05) is 12.6 Å². The Hall–Kier alpha value is -1.67. The molecular weight excluding hydrogens is 237 g/mol. The van der Waals surface area contributed by atoms with Gasteiger partial charge in [0.15, 0.2) is 0 Å². The Labute approximate surface area is 113 Å². The fourth-order valence-corrected chi connectivity index (χ4v) is 2.89. The monoisotopic (exact) mass is 255 g/mol. The quantitative estimate of drug-likeness (QED) is 0.796. The van der Waals surface area contributed by atoms with E-state index in [0.29, 0.717) is 6.04 Å². The Morgan fingerprint density at radius 2 is 1.74 bits per heavy atom. The number of likely N-dealkylation sites (tertiary alicyclic amines) is 1. The molecule has 0 aromatic heterocycles. The molecule has 1 saturated heterocycles. The van der Waals surface area contributed by atoms with Gasteiger partial charge >= 0.3 is 0 Å². The third kappa shape index (κ3) is 2.85. The standard InChI is InChI=1S/C17H18FN/c18-16-10-8-14(9-11-16)13-19-12-4-7-17(19)15-5-2-1-3-6-15/h1-3,5-6,8-11,17H,4,7,12-13H2. The fraction of sp³-hybridized carbons (Fsp3) is 0.294. The van der Waals surface area contributed by atoms with Gasteiger partial charge in [0.05, 0.1) is 0 Å². The second-order valence-electron chi connectivity index (χ2n) is 5.17. The van der Waals surface area contributed by atoms with Gasteiger partial charge in [0.2, 0.25) is 0 Å². The lowest BCUT2D eigenvalue weighted by Gasteiger charge is -2.24. The van der Waals surface area contributed by atoms with Crippen LogP contribution in [-0.2, 0) is 6.54 Å². The van der Waals surface area contributed by atoms with Gasteiger partial charge in [-0.05, 0) is 42.6 Å². The average Bonchev–Trinajstić information content (AvgIpc) is 2.90. The first-order valence-electron chi connectivity index (χ1n) is 6.86. The Morgan fingerprint density at radius 3 is 2.47 bits per heavy atom. The van der Waals surface area contributed by atoms with Crippen LogP contribution in [0, 0.1) is 5.82 Å². The number of halogens is 1. The zero-order valence-corrected chi connectivity index (χ0v) is 10.9. The maximum atomic E-state index is 12.9. The van der Waals surface area contributed by atoms with Crippen LogP contribution in [0.25, 0.3) is 0 Å². The largest absolute Gasteiger partial charge is 0.292 e. The van der Waals surface area contributed by atoms with E-state index in [4.69, 9.17) is 0 Å². The maximum Gasteiger partial charge on any atom is 0.123 e. The molecule has 1 aliphatic rings. The van der Waals surface area contributed by atoms with E-state index >= 15 is 0 Å². The fourth-order valence-electron chi connectivity index (χ4n) is 2.89. The summed E-state index contributed by atoms with van der Waals surface area (Å²) < 4.78 is 12.9. The van der Waals surface area contributed by atoms with Crippen LogP contribution in [0.3, 0.4) is 0 Å². The van der Waals surface area contributed by atoms with Crippen LogP contribution in [0.2, 0.25) is 0 Å². The molecule has 0 bridgehead atoms. The average molecular weight is 255 g/mol. The minimum atomic E-state index is -0.162. The second kappa shape index (κ2) is 5.54. The van der Waals surface area contributed by atoms with Gasteiger partial charge < -0.3 is 0 Å². The molecule has 19 heavy (non-hydrogen) atoms. The molecule has 0 spiro atoms. The van der Waals surface area contributed by atoms with Gasteiger partial charge in [-0.1, -0.05) is 42.5 Å². The molecule has 0 aliphatic carbocycles. The minimum absolute atomic E-state index is 0.162. The van der Waals surface area contributed by atoms with Gasteiger partial charge in [-0.25, -0.2) is 4.39 Å². The van der Waals surface area contributed by atoms with Crippen molar-refractivity contribution in [2.24, 2.45) is 0 Å². The van der Waals surface area contributed by atoms with E-state index in [-0.39, 0.29) is 5.82 Å². The second-order valence-corrected chi connectivity index (χ2v) is 5.17. The zero-order chi connectivity index (χ0) is 13.1. The predicted molar refractivity (Wildman–Crippen MR) is 75.2 cm³/mol. The summed E-state index contributed by atoms with van der Waals surface area (Å²) in [7, 11) is 0. The highest BCUT2D eigenvalue weighted by Gasteiger charge is 2.25. The summed E-state index contributed by atoms with van der Waals surface area (Å²) in [6.45, 7) is 2.02. The van der Waals surface area contributed by atoms with Crippen molar-refractivity contribution in [2.75, 3.05) is 6.54 Å². The molecule has 0 amide bonds. The van der Waals surface area contributed by atoms with Crippen LogP contribution < -0.4 is 0 Å². The number of hydrogen-bond acceptors (Lipinski definition) is 1. The van der Waals surface area contributed by atoms with Crippen LogP contribution in [0.1, 0.15) is 30.0 Å². The molecule has 2 heteroatoms. The summed E-state index contributed by atoms with van der Waals surface area (Å²) >= 11 is 0. The molecular formula is C17H18FN. The van der Waals surface area contributed by atoms with Crippen molar-refractivity contribution in [3.05, 3.63) is 71.5 Å². The summed E-state index contributed by atoms with van der Waals surface area (Å²) in [4.78, 5) is 2.49. The van der Waals surface area contributed by atoms with Crippen LogP contribution in [0.4, 0.5) is 4.39 Å². The number of hydrogen-bond donors (Lipinski definition) is 0. The van der Waals surface area contributed by atoms with Crippen LogP contribution in [0.5, 0.6) is 0 Å². The molecule has 1 aliphatic heterocycles. The molecule has 98 valence electrons. The third-order valence-corrected chi connectivity index (χ3v) is 3.85. The van der Waals surface area contributed by atoms with Crippen molar-refractivity contribution < 1.29 is 4.39 Å². The lowest BCUT2D eigenvalue weighted by Crippen LogP contribution is -2.22. The molecule has 1 unspecified atom stereocenters. The van der Waals surface area contributed by atoms with Gasteiger partial charge in [-0.15, -0.1) is 0 Å². The van der Waals surface area contributed by atoms with Crippen LogP contribution in [-0.4, -0.2) is 11.4 Å². The van der Waals surface area contributed by atoms with E-state index in [9.17, 15) is 4.39 Å². The normalized spacial score (nSPS) is 19.7. The first kappa shape index (κ1) is 12.4. The molecule has 2 aromatic carbocycles. The minimum Gasteiger partial charge on any atom is -0.292 e. The van der Waals surface area contributed by atoms with Gasteiger partial charge in [0.25, 0.3) is 0 Å². The van der Waals surface area contributed by atoms with Gasteiger partial charge in [-0.2, -0.15) is 0 Å². The van der Waals surface area contributed by atoms with Crippen molar-refractivity contribution in [1.29, 1.82) is 0 Å². The predicted octanol–water partition coefficient (Wildman–Crippen LogP) is 4.16. The molecule has 0 saturated carbocycles. The summed E-state index contributed by atoms with van der Waals surface area (Å²) in [6, 6.07) is 18.0. The Bertz CT molecular complexity index is 521. The van der Waals surface area contributed by atoms with E-state index in [1.807, 2.05) is 12.1 Å². The van der Waals surface area contributed by atoms with Gasteiger partial charge in [0.1, 0.15) is 5.82 Å². The topological polar surface area (TPSA) is 3.24 Å². The zero-order valence-electron chi connectivity index (χ0n) is 10.9. The highest BCUT2D eigenvalue weighted by molar-refractivity contribution is 5.21. The molecule has 2 aromatic rings. The molecule has 0 radical (unpaired) electrons. The molecule has 3 rings (SSSR count). The SMILES string of the molecule is Fc1ccc(CN2CCCC2c2ccccc2)cc1. The first-order valence-corrected chi connectivity index (χ1v) is 6.86. The van der Waals surface area contributed by atoms with Crippen molar-refractivity contribution in [3.63, 3.8) is 0 Å². The summed E-state index contributed by atoms with van der Waals surface area (Å²) in [5, 5.41) is 0. The third-order valence-electron chi connectivity index (χ3n) is 3.85. The summed E-state index contributed by atoms with van der Waals surface area (Å²) in [5.41, 5.74) is 2.58. The smallest absolute Gasteiger partial charge is 0.123 e. The molecule has 1 atom stereocenters. The number of nitrogens with zero attached hydrogens (tertiary/aromatic N) is 1. The molecule has 0 N–H and O–H groups in total. The van der Waals surface area contributed by atoms with Crippen LogP contribution in [0.15, 0.2) is 54.6 Å². The summed E-state index contributed by atoms with van der Waals surface area (Å²) in [5.74, 6) is -0.162. The highest BCUT2D eigenvalue weighted by atomic mass is 19.1. The van der Waals surface area contributed by atoms with Crippen molar-refractivity contribution in [2.45, 2.75) is 25.4 Å². The first-order chi connectivity index (χ1) is 9.33. The van der Waals surface area contributed by atoms with E-state index in [1.54, 1.807) is 12.1 Å². The summed E-state index contributed by atoms with van der Waals surface area (Å²) in [6.07, 6.45) is 2.45. The van der Waals surface area contributed by atoms with E-state index in [1.165, 1.54) is 24.0 Å². The molecule has 1 nitrogen and oxygen atoms in total. The molecule has 1 heterocycles. The van der Waals surface area contributed by atoms with E-state index in [0.717, 1.165) is 13.1 Å². The highest BCUT2D eigenvalue weighted by Crippen LogP contribution is 2.32. The van der Waals surface area contributed by atoms with Crippen LogP contribution >= 0.6 is 0 Å². The Balaban J connectivity index is 1.75. The lowest BCUT2D eigenvalue weighted by atomic mass is 10.0. The van der Waals surface area contributed by atoms with Gasteiger partial charge in [-0.3, -0.25) is 4.90 Å². The van der Waals surface area contributed by atoms with E-state index in [2.05, 4.69) is 35.2 Å². The van der Waals surface area contributed by atoms with Crippen molar-refractivity contribution in [3.8, 4) is 0 Å². The van der Waals surface area contributed by atoms with Crippen molar-refractivity contribution >= 4 is 0 Å². The van der Waals surface area contributed by atoms with Crippen molar-refractivity contribution in [1.82, 2.24) is 4.90 Å². The Morgan fingerprint density at radius 1 is 1.00 bits per heavy atom. The lowest BCUT2D eigenvalue weighted by molar-refractivity contribution is 0.248. The number of rotatable bonds is 3. The molecule has 1 fully saturated rings. The maximum absolute atomic E-state index is 12.9.